The molecule has 0 radical (unpaired) electrons. The van der Waals surface area contributed by atoms with Crippen LogP contribution in [0.4, 0.5) is 13.2 Å². The van der Waals surface area contributed by atoms with Crippen LogP contribution < -0.4 is 14.9 Å². The summed E-state index contributed by atoms with van der Waals surface area (Å²) in [6.45, 7) is 1.34. The van der Waals surface area contributed by atoms with Gasteiger partial charge in [0.25, 0.3) is 5.56 Å². The number of rotatable bonds is 4. The van der Waals surface area contributed by atoms with Crippen LogP contribution in [0, 0.1) is 0 Å². The number of thiazole rings is 1. The number of carbonyl (C=O) groups excluding carboxylic acids is 1. The lowest BCUT2D eigenvalue weighted by Gasteiger charge is -2.26. The van der Waals surface area contributed by atoms with Crippen molar-refractivity contribution in [2.45, 2.75) is 19.1 Å². The van der Waals surface area contributed by atoms with Crippen LogP contribution in [0.25, 0.3) is 6.08 Å². The summed E-state index contributed by atoms with van der Waals surface area (Å²) >= 11 is 10.1. The Bertz CT molecular complexity index is 1460. The topological polar surface area (TPSA) is 60.7 Å². The number of hydrogen-bond acceptors (Lipinski definition) is 5. The number of ether oxygens (including phenoxy) is 1. The average molecular weight is 572 g/mol. The summed E-state index contributed by atoms with van der Waals surface area (Å²) in [4.78, 5) is 29.7. The van der Waals surface area contributed by atoms with Gasteiger partial charge < -0.3 is 4.74 Å². The number of carbonyl (C=O) groups is 1. The largest absolute Gasteiger partial charge is 0.463 e. The van der Waals surface area contributed by atoms with E-state index >= 15 is 0 Å². The highest BCUT2D eigenvalue weighted by Gasteiger charge is 2.45. The van der Waals surface area contributed by atoms with Crippen molar-refractivity contribution in [1.82, 2.24) is 4.57 Å². The number of hydrogen-bond donors (Lipinski definition) is 0. The van der Waals surface area contributed by atoms with Crippen molar-refractivity contribution >= 4 is 50.9 Å². The smallest absolute Gasteiger partial charge is 0.434 e. The second-order valence-electron chi connectivity index (χ2n) is 7.17. The van der Waals surface area contributed by atoms with Gasteiger partial charge in [-0.05, 0) is 48.4 Å². The molecule has 0 saturated carbocycles. The first kappa shape index (κ1) is 24.4. The molecule has 3 aromatic rings. The fraction of sp³-hybridized carbons (Fsp3) is 0.174. The number of alkyl halides is 3. The Kier molecular flexibility index (Phi) is 6.84. The molecule has 0 amide bonds. The van der Waals surface area contributed by atoms with Gasteiger partial charge in [0.05, 0.1) is 22.8 Å². The molecule has 1 aliphatic heterocycles. The molecule has 0 spiro atoms. The van der Waals surface area contributed by atoms with Crippen molar-refractivity contribution in [2.75, 3.05) is 6.61 Å². The van der Waals surface area contributed by atoms with Crippen molar-refractivity contribution < 1.29 is 22.7 Å². The van der Waals surface area contributed by atoms with Crippen LogP contribution in [-0.4, -0.2) is 23.3 Å². The van der Waals surface area contributed by atoms with E-state index in [4.69, 9.17) is 16.3 Å². The number of nitrogens with zero attached hydrogens (tertiary/aromatic N) is 2. The van der Waals surface area contributed by atoms with Gasteiger partial charge in [-0.1, -0.05) is 63.1 Å². The molecular weight excluding hydrogens is 557 g/mol. The summed E-state index contributed by atoms with van der Waals surface area (Å²) in [6, 6.07) is 11.6. The Morgan fingerprint density at radius 2 is 1.85 bits per heavy atom. The van der Waals surface area contributed by atoms with E-state index in [9.17, 15) is 22.8 Å². The molecule has 1 aliphatic rings. The van der Waals surface area contributed by atoms with Crippen molar-refractivity contribution in [3.8, 4) is 0 Å². The lowest BCUT2D eigenvalue weighted by molar-refractivity contribution is -0.140. The third-order valence-electron chi connectivity index (χ3n) is 4.95. The third-order valence-corrected chi connectivity index (χ3v) is 6.71. The van der Waals surface area contributed by atoms with E-state index in [1.807, 2.05) is 0 Å². The number of allylic oxidation sites excluding steroid dienone is 1. The van der Waals surface area contributed by atoms with Gasteiger partial charge in [-0.3, -0.25) is 9.36 Å². The maximum absolute atomic E-state index is 14.1. The minimum Gasteiger partial charge on any atom is -0.463 e. The molecule has 0 aliphatic carbocycles. The number of esters is 1. The average Bonchev–Trinajstić information content (AvgIpc) is 3.09. The minimum atomic E-state index is -4.95. The molecule has 11 heteroatoms. The molecule has 176 valence electrons. The van der Waals surface area contributed by atoms with E-state index in [1.54, 1.807) is 30.3 Å². The molecule has 0 bridgehead atoms. The quantitative estimate of drug-likeness (QED) is 0.425. The first-order valence-electron chi connectivity index (χ1n) is 9.91. The Hall–Kier alpha value is -2.69. The number of aromatic nitrogens is 1. The van der Waals surface area contributed by atoms with Crippen LogP contribution >= 0.6 is 38.9 Å². The van der Waals surface area contributed by atoms with Crippen molar-refractivity contribution in [2.24, 2.45) is 4.99 Å². The maximum atomic E-state index is 14.1. The first-order valence-corrected chi connectivity index (χ1v) is 11.9. The minimum absolute atomic E-state index is 0.144. The Morgan fingerprint density at radius 1 is 1.21 bits per heavy atom. The van der Waals surface area contributed by atoms with Gasteiger partial charge in [-0.2, -0.15) is 13.2 Å². The molecular formula is C23H15BrClF3N2O3S. The Morgan fingerprint density at radius 3 is 2.44 bits per heavy atom. The lowest BCUT2D eigenvalue weighted by Crippen LogP contribution is -2.41. The van der Waals surface area contributed by atoms with Gasteiger partial charge >= 0.3 is 12.1 Å². The van der Waals surface area contributed by atoms with Crippen LogP contribution in [0.3, 0.4) is 0 Å². The monoisotopic (exact) mass is 570 g/mol. The van der Waals surface area contributed by atoms with Gasteiger partial charge in [0.2, 0.25) is 0 Å². The normalized spacial score (nSPS) is 16.3. The second kappa shape index (κ2) is 9.52. The van der Waals surface area contributed by atoms with Gasteiger partial charge in [0.15, 0.2) is 10.5 Å². The van der Waals surface area contributed by atoms with E-state index in [-0.39, 0.29) is 21.5 Å². The van der Waals surface area contributed by atoms with Crippen molar-refractivity contribution in [3.63, 3.8) is 0 Å². The van der Waals surface area contributed by atoms with Crippen LogP contribution in [0.15, 0.2) is 74.1 Å². The summed E-state index contributed by atoms with van der Waals surface area (Å²) in [5.74, 6) is -1.19. The molecule has 0 saturated heterocycles. The molecule has 5 nitrogen and oxygen atoms in total. The van der Waals surface area contributed by atoms with E-state index in [1.165, 1.54) is 31.2 Å². The molecule has 0 unspecified atom stereocenters. The first-order chi connectivity index (χ1) is 16.1. The predicted octanol–water partition coefficient (Wildman–Crippen LogP) is 4.76. The van der Waals surface area contributed by atoms with Crippen LogP contribution in [0.5, 0.6) is 0 Å². The summed E-state index contributed by atoms with van der Waals surface area (Å²) in [6.07, 6.45) is -3.38. The fourth-order valence-corrected chi connectivity index (χ4v) is 4.90. The summed E-state index contributed by atoms with van der Waals surface area (Å²) in [5, 5.41) is 0.351. The third kappa shape index (κ3) is 4.75. The van der Waals surface area contributed by atoms with E-state index in [0.29, 0.717) is 10.6 Å². The number of benzene rings is 2. The van der Waals surface area contributed by atoms with Gasteiger partial charge in [-0.25, -0.2) is 9.79 Å². The zero-order valence-corrected chi connectivity index (χ0v) is 20.6. The highest BCUT2D eigenvalue weighted by molar-refractivity contribution is 9.10. The zero-order chi connectivity index (χ0) is 24.6. The van der Waals surface area contributed by atoms with E-state index in [0.717, 1.165) is 20.4 Å². The van der Waals surface area contributed by atoms with E-state index < -0.39 is 35.0 Å². The summed E-state index contributed by atoms with van der Waals surface area (Å²) < 4.78 is 49.2. The van der Waals surface area contributed by atoms with Crippen molar-refractivity contribution in [3.05, 3.63) is 100 Å². The highest BCUT2D eigenvalue weighted by Crippen LogP contribution is 2.38. The zero-order valence-electron chi connectivity index (χ0n) is 17.4. The summed E-state index contributed by atoms with van der Waals surface area (Å²) in [7, 11) is 0. The standard InChI is InChI=1S/C23H15BrClF3N2O3S/c1-2-33-21(32)17-18(13-5-9-15(25)10-6-13)30-20(31)16(11-12-3-7-14(24)8-4-12)34-22(30)29-19(17)23(26,27)28/h3-11,18H,2H2,1H3/b16-11-/t18-/m1/s1. The van der Waals surface area contributed by atoms with E-state index in [2.05, 4.69) is 20.9 Å². The maximum Gasteiger partial charge on any atom is 0.434 e. The Labute approximate surface area is 208 Å². The van der Waals surface area contributed by atoms with Gasteiger partial charge in [-0.15, -0.1) is 0 Å². The van der Waals surface area contributed by atoms with Gasteiger partial charge in [0, 0.05) is 9.50 Å². The highest BCUT2D eigenvalue weighted by atomic mass is 79.9. The number of fused-ring (bicyclic) bond motifs is 1. The Balaban J connectivity index is 2.04. The molecule has 34 heavy (non-hydrogen) atoms. The SMILES string of the molecule is CCOC(=O)C1=C(C(F)(F)F)N=c2s/c(=C\c3ccc(Br)cc3)c(=O)n2[C@@H]1c1ccc(Cl)cc1. The molecule has 1 aromatic heterocycles. The fourth-order valence-electron chi connectivity index (χ4n) is 3.51. The molecule has 1 atom stereocenters. The van der Waals surface area contributed by atoms with Crippen LogP contribution in [-0.2, 0) is 9.53 Å². The van der Waals surface area contributed by atoms with Crippen LogP contribution in [0.2, 0.25) is 5.02 Å². The molecule has 0 fully saturated rings. The second-order valence-corrected chi connectivity index (χ2v) is 9.53. The molecule has 2 aromatic carbocycles. The van der Waals surface area contributed by atoms with Gasteiger partial charge in [0.1, 0.15) is 0 Å². The predicted molar refractivity (Wildman–Crippen MR) is 126 cm³/mol. The summed E-state index contributed by atoms with van der Waals surface area (Å²) in [5.41, 5.74) is -1.77. The molecule has 4 rings (SSSR count). The van der Waals surface area contributed by atoms with Crippen molar-refractivity contribution in [1.29, 1.82) is 0 Å². The lowest BCUT2D eigenvalue weighted by atomic mass is 9.95. The number of halogens is 5. The van der Waals surface area contributed by atoms with Crippen LogP contribution in [0.1, 0.15) is 24.1 Å². The molecule has 2 heterocycles. The molecule has 0 N–H and O–H groups in total.